The number of aliphatic hydroxyl groups excluding tert-OH is 1. The van der Waals surface area contributed by atoms with Crippen LogP contribution in [0.4, 0.5) is 0 Å². The normalized spacial score (nSPS) is 77.8. The molecule has 2 N–H and O–H groups in total. The number of nitrogens with zero attached hydrogens (tertiary/aromatic N) is 1. The fourth-order valence-electron chi connectivity index (χ4n) is 6.28. The summed E-state index contributed by atoms with van der Waals surface area (Å²) in [5.74, 6) is 5.05. The van der Waals surface area contributed by atoms with Gasteiger partial charge in [-0.25, -0.2) is 0 Å². The Morgan fingerprint density at radius 3 is 2.64 bits per heavy atom. The fraction of sp³-hybridized carbons (Fsp3) is 0.909. The minimum atomic E-state index is -0.0609. The molecule has 14 heavy (non-hydrogen) atoms. The van der Waals surface area contributed by atoms with Crippen LogP contribution in [0.2, 0.25) is 0 Å². The van der Waals surface area contributed by atoms with Crippen LogP contribution >= 0.6 is 0 Å². The second-order valence-electron chi connectivity index (χ2n) is 5.94. The molecule has 5 aliphatic rings. The minimum Gasteiger partial charge on any atom is -0.411 e. The smallest absolute Gasteiger partial charge is 0.0646 e. The maximum Gasteiger partial charge on any atom is 0.0646 e. The van der Waals surface area contributed by atoms with Crippen molar-refractivity contribution >= 4 is 5.71 Å². The third-order valence-electron chi connectivity index (χ3n) is 6.21. The highest BCUT2D eigenvalue weighted by Crippen LogP contribution is 2.81. The van der Waals surface area contributed by atoms with Crippen molar-refractivity contribution in [2.24, 2.45) is 52.5 Å². The predicted molar refractivity (Wildman–Crippen MR) is 47.8 cm³/mol. The highest BCUT2D eigenvalue weighted by atomic mass is 16.4. The van der Waals surface area contributed by atoms with Gasteiger partial charge in [-0.05, 0) is 41.9 Å². The standard InChI is InChI=1S/C11H13NO2/c13-11-7-3-1-2-4-5(3)9(11)8(4)10(12-14)6(2)7/h2-9,11,13-14H,1H2/b12-10+. The number of fused-ring (bicyclic) bond motifs is 2. The zero-order chi connectivity index (χ0) is 9.19. The lowest BCUT2D eigenvalue weighted by atomic mass is 9.59. The predicted octanol–water partition coefficient (Wildman–Crippen LogP) is 0.565. The molecule has 0 aromatic rings. The summed E-state index contributed by atoms with van der Waals surface area (Å²) in [6.07, 6.45) is 1.25. The maximum absolute atomic E-state index is 10.2. The molecule has 5 rings (SSSR count). The van der Waals surface area contributed by atoms with Crippen molar-refractivity contribution < 1.29 is 10.3 Å². The van der Waals surface area contributed by atoms with Crippen molar-refractivity contribution in [3.8, 4) is 0 Å². The summed E-state index contributed by atoms with van der Waals surface area (Å²) in [5.41, 5.74) is 1.07. The molecule has 9 unspecified atom stereocenters. The SMILES string of the molecule is O/N=C1\C2C3CC4C2C(O)C2C1C3C42. The molecular weight excluding hydrogens is 178 g/mol. The summed E-state index contributed by atoms with van der Waals surface area (Å²) in [6.45, 7) is 0. The van der Waals surface area contributed by atoms with Crippen LogP contribution in [-0.2, 0) is 0 Å². The van der Waals surface area contributed by atoms with E-state index >= 15 is 0 Å². The van der Waals surface area contributed by atoms with E-state index in [1.807, 2.05) is 0 Å². The largest absolute Gasteiger partial charge is 0.411 e. The number of hydrogen-bond acceptors (Lipinski definition) is 3. The molecule has 5 aliphatic carbocycles. The summed E-state index contributed by atoms with van der Waals surface area (Å²) in [6, 6.07) is 0. The molecule has 0 heterocycles. The average Bonchev–Trinajstić information content (AvgIpc) is 2.62. The van der Waals surface area contributed by atoms with Crippen LogP contribution in [0, 0.1) is 47.3 Å². The number of aliphatic hydroxyl groups is 1. The summed E-state index contributed by atoms with van der Waals surface area (Å²) in [4.78, 5) is 0. The fourth-order valence-corrected chi connectivity index (χ4v) is 6.28. The summed E-state index contributed by atoms with van der Waals surface area (Å²) in [7, 11) is 0. The van der Waals surface area contributed by atoms with E-state index < -0.39 is 0 Å². The van der Waals surface area contributed by atoms with Crippen LogP contribution in [0.5, 0.6) is 0 Å². The van der Waals surface area contributed by atoms with Gasteiger partial charge in [0.15, 0.2) is 0 Å². The molecule has 5 fully saturated rings. The molecule has 0 amide bonds. The van der Waals surface area contributed by atoms with Gasteiger partial charge in [-0.2, -0.15) is 0 Å². The number of hydrogen-bond donors (Lipinski definition) is 2. The molecule has 0 aromatic carbocycles. The van der Waals surface area contributed by atoms with E-state index in [4.69, 9.17) is 5.21 Å². The van der Waals surface area contributed by atoms with Gasteiger partial charge in [-0.1, -0.05) is 5.16 Å². The molecule has 5 saturated carbocycles. The maximum atomic E-state index is 10.2. The van der Waals surface area contributed by atoms with E-state index in [1.165, 1.54) is 6.42 Å². The number of rotatable bonds is 0. The van der Waals surface area contributed by atoms with E-state index in [-0.39, 0.29) is 6.10 Å². The Bertz CT molecular complexity index is 379. The average molecular weight is 191 g/mol. The van der Waals surface area contributed by atoms with Gasteiger partial charge in [0.2, 0.25) is 0 Å². The lowest BCUT2D eigenvalue weighted by molar-refractivity contribution is -0.0135. The quantitative estimate of drug-likeness (QED) is 0.434. The Morgan fingerprint density at radius 2 is 1.86 bits per heavy atom. The van der Waals surface area contributed by atoms with Gasteiger partial charge in [-0.3, -0.25) is 0 Å². The van der Waals surface area contributed by atoms with Crippen LogP contribution in [0.1, 0.15) is 6.42 Å². The molecule has 3 heteroatoms. The van der Waals surface area contributed by atoms with Crippen molar-refractivity contribution in [1.82, 2.24) is 0 Å². The summed E-state index contributed by atoms with van der Waals surface area (Å²) < 4.78 is 0. The monoisotopic (exact) mass is 191 g/mol. The van der Waals surface area contributed by atoms with E-state index in [9.17, 15) is 5.11 Å². The Kier molecular flexibility index (Phi) is 0.802. The molecule has 0 saturated heterocycles. The number of oxime groups is 1. The van der Waals surface area contributed by atoms with Crippen molar-refractivity contribution in [2.75, 3.05) is 0 Å². The second kappa shape index (κ2) is 1.64. The molecule has 0 radical (unpaired) electrons. The first-order chi connectivity index (χ1) is 6.84. The van der Waals surface area contributed by atoms with Crippen LogP contribution in [-0.4, -0.2) is 22.1 Å². The van der Waals surface area contributed by atoms with Crippen molar-refractivity contribution in [1.29, 1.82) is 0 Å². The molecule has 74 valence electrons. The first-order valence-electron chi connectivity index (χ1n) is 5.74. The molecular formula is C11H13NO2. The Labute approximate surface area is 81.8 Å². The molecule has 3 nitrogen and oxygen atoms in total. The van der Waals surface area contributed by atoms with E-state index in [0.717, 1.165) is 29.4 Å². The Balaban J connectivity index is 1.83. The molecule has 9 atom stereocenters. The van der Waals surface area contributed by atoms with Crippen LogP contribution in [0.15, 0.2) is 5.16 Å². The molecule has 0 spiro atoms. The van der Waals surface area contributed by atoms with Gasteiger partial charge in [0, 0.05) is 11.8 Å². The van der Waals surface area contributed by atoms with E-state index in [1.54, 1.807) is 0 Å². The van der Waals surface area contributed by atoms with Crippen LogP contribution in [0.3, 0.4) is 0 Å². The Hall–Kier alpha value is -0.570. The van der Waals surface area contributed by atoms with Gasteiger partial charge in [0.1, 0.15) is 0 Å². The zero-order valence-corrected chi connectivity index (χ0v) is 7.74. The summed E-state index contributed by atoms with van der Waals surface area (Å²) in [5, 5.41) is 22.8. The van der Waals surface area contributed by atoms with E-state index in [0.29, 0.717) is 23.7 Å². The highest BCUT2D eigenvalue weighted by molar-refractivity contribution is 5.95. The van der Waals surface area contributed by atoms with Gasteiger partial charge >= 0.3 is 0 Å². The van der Waals surface area contributed by atoms with Gasteiger partial charge in [-0.15, -0.1) is 0 Å². The second-order valence-corrected chi connectivity index (χ2v) is 5.94. The minimum absolute atomic E-state index is 0.0609. The van der Waals surface area contributed by atoms with Crippen molar-refractivity contribution in [3.05, 3.63) is 0 Å². The third-order valence-corrected chi connectivity index (χ3v) is 6.21. The topological polar surface area (TPSA) is 52.8 Å². The first kappa shape index (κ1) is 6.83. The van der Waals surface area contributed by atoms with Crippen LogP contribution in [0.25, 0.3) is 0 Å². The lowest BCUT2D eigenvalue weighted by Gasteiger charge is -2.46. The van der Waals surface area contributed by atoms with E-state index in [2.05, 4.69) is 5.16 Å². The van der Waals surface area contributed by atoms with Gasteiger partial charge in [0.25, 0.3) is 0 Å². The Morgan fingerprint density at radius 1 is 1.00 bits per heavy atom. The lowest BCUT2D eigenvalue weighted by Crippen LogP contribution is -2.49. The molecule has 0 aliphatic heterocycles. The molecule has 0 aromatic heterocycles. The first-order valence-corrected chi connectivity index (χ1v) is 5.74. The van der Waals surface area contributed by atoms with Crippen molar-refractivity contribution in [3.63, 3.8) is 0 Å². The van der Waals surface area contributed by atoms with Crippen LogP contribution < -0.4 is 0 Å². The zero-order valence-electron chi connectivity index (χ0n) is 7.74. The third kappa shape index (κ3) is 0.377. The highest BCUT2D eigenvalue weighted by Gasteiger charge is 2.82. The van der Waals surface area contributed by atoms with Crippen molar-refractivity contribution in [2.45, 2.75) is 12.5 Å². The summed E-state index contributed by atoms with van der Waals surface area (Å²) >= 11 is 0. The molecule has 2 bridgehead atoms. The van der Waals surface area contributed by atoms with Gasteiger partial charge < -0.3 is 10.3 Å². The van der Waals surface area contributed by atoms with Gasteiger partial charge in [0.05, 0.1) is 11.8 Å².